The molecule has 2 N–H and O–H groups in total. The second-order valence-corrected chi connectivity index (χ2v) is 5.81. The molecular formula is C16H25N2O+. The van der Waals surface area contributed by atoms with Crippen molar-refractivity contribution < 1.29 is 9.69 Å². The summed E-state index contributed by atoms with van der Waals surface area (Å²) in [5, 5.41) is 3.01. The topological polar surface area (TPSA) is 33.5 Å². The van der Waals surface area contributed by atoms with Crippen LogP contribution in [0, 0.1) is 12.8 Å². The Bertz CT molecular complexity index is 431. The van der Waals surface area contributed by atoms with Gasteiger partial charge in [0.1, 0.15) is 0 Å². The molecule has 2 rings (SSSR count). The van der Waals surface area contributed by atoms with E-state index in [1.807, 2.05) is 31.2 Å². The van der Waals surface area contributed by atoms with E-state index in [0.29, 0.717) is 6.42 Å². The molecule has 3 heteroatoms. The highest BCUT2D eigenvalue weighted by Crippen LogP contribution is 2.13. The third-order valence-corrected chi connectivity index (χ3v) is 3.99. The van der Waals surface area contributed by atoms with Crippen LogP contribution in [-0.4, -0.2) is 25.5 Å². The molecule has 19 heavy (non-hydrogen) atoms. The molecule has 0 aromatic heterocycles. The van der Waals surface area contributed by atoms with Crippen LogP contribution in [-0.2, 0) is 4.79 Å². The highest BCUT2D eigenvalue weighted by atomic mass is 16.1. The SMILES string of the molecule is Cc1ccccc1NC(=O)CC[NH+]1CCCC(C)C1. The molecule has 1 heterocycles. The van der Waals surface area contributed by atoms with Crippen molar-refractivity contribution in [3.63, 3.8) is 0 Å². The lowest BCUT2D eigenvalue weighted by molar-refractivity contribution is -0.907. The van der Waals surface area contributed by atoms with Gasteiger partial charge in [-0.05, 0) is 31.4 Å². The maximum absolute atomic E-state index is 12.0. The smallest absolute Gasteiger partial charge is 0.230 e. The fraction of sp³-hybridized carbons (Fsp3) is 0.562. The number of nitrogens with one attached hydrogen (secondary N) is 2. The number of hydrogen-bond acceptors (Lipinski definition) is 1. The van der Waals surface area contributed by atoms with Crippen molar-refractivity contribution in [2.24, 2.45) is 5.92 Å². The van der Waals surface area contributed by atoms with E-state index in [0.717, 1.165) is 23.7 Å². The van der Waals surface area contributed by atoms with Gasteiger partial charge in [-0.1, -0.05) is 25.1 Å². The Morgan fingerprint density at radius 2 is 2.21 bits per heavy atom. The maximum Gasteiger partial charge on any atom is 0.230 e. The molecule has 1 amide bonds. The van der Waals surface area contributed by atoms with E-state index < -0.39 is 0 Å². The summed E-state index contributed by atoms with van der Waals surface area (Å²) < 4.78 is 0. The maximum atomic E-state index is 12.0. The van der Waals surface area contributed by atoms with Crippen LogP contribution >= 0.6 is 0 Å². The Hall–Kier alpha value is -1.35. The number of para-hydroxylation sites is 1. The van der Waals surface area contributed by atoms with Gasteiger partial charge in [-0.2, -0.15) is 0 Å². The first-order valence-electron chi connectivity index (χ1n) is 7.34. The zero-order valence-electron chi connectivity index (χ0n) is 12.0. The molecule has 2 atom stereocenters. The molecular weight excluding hydrogens is 236 g/mol. The quantitative estimate of drug-likeness (QED) is 0.849. The molecule has 0 spiro atoms. The minimum atomic E-state index is 0.139. The van der Waals surface area contributed by atoms with E-state index >= 15 is 0 Å². The highest BCUT2D eigenvalue weighted by Gasteiger charge is 2.20. The molecule has 0 bridgehead atoms. The van der Waals surface area contributed by atoms with Gasteiger partial charge in [0.15, 0.2) is 0 Å². The normalized spacial score (nSPS) is 23.1. The van der Waals surface area contributed by atoms with E-state index in [1.54, 1.807) is 4.90 Å². The first-order chi connectivity index (χ1) is 9.15. The summed E-state index contributed by atoms with van der Waals surface area (Å²) in [5.41, 5.74) is 2.06. The Labute approximate surface area is 116 Å². The molecule has 1 aliphatic rings. The van der Waals surface area contributed by atoms with Gasteiger partial charge in [0, 0.05) is 11.6 Å². The average molecular weight is 261 g/mol. The second kappa shape index (κ2) is 6.71. The van der Waals surface area contributed by atoms with E-state index in [9.17, 15) is 4.79 Å². The van der Waals surface area contributed by atoms with Gasteiger partial charge < -0.3 is 10.2 Å². The molecule has 1 aromatic rings. The summed E-state index contributed by atoms with van der Waals surface area (Å²) in [6, 6.07) is 7.93. The first kappa shape index (κ1) is 14.1. The Balaban J connectivity index is 1.77. The molecule has 1 saturated heterocycles. The van der Waals surface area contributed by atoms with Crippen molar-refractivity contribution in [1.82, 2.24) is 0 Å². The van der Waals surface area contributed by atoms with E-state index in [4.69, 9.17) is 0 Å². The first-order valence-corrected chi connectivity index (χ1v) is 7.34. The van der Waals surface area contributed by atoms with Crippen LogP contribution in [0.25, 0.3) is 0 Å². The fourth-order valence-electron chi connectivity index (χ4n) is 2.84. The largest absolute Gasteiger partial charge is 0.334 e. The molecule has 104 valence electrons. The Morgan fingerprint density at radius 3 is 2.95 bits per heavy atom. The summed E-state index contributed by atoms with van der Waals surface area (Å²) in [6.07, 6.45) is 3.27. The van der Waals surface area contributed by atoms with Gasteiger partial charge >= 0.3 is 0 Å². The van der Waals surface area contributed by atoms with Crippen LogP contribution in [0.1, 0.15) is 31.7 Å². The third kappa shape index (κ3) is 4.35. The molecule has 0 saturated carbocycles. The number of quaternary nitrogens is 1. The van der Waals surface area contributed by atoms with Gasteiger partial charge in [0.05, 0.1) is 26.1 Å². The summed E-state index contributed by atoms with van der Waals surface area (Å²) >= 11 is 0. The zero-order valence-corrected chi connectivity index (χ0v) is 12.0. The number of amides is 1. The Kier molecular flexibility index (Phi) is 4.97. The number of rotatable bonds is 4. The van der Waals surface area contributed by atoms with Gasteiger partial charge in [-0.15, -0.1) is 0 Å². The van der Waals surface area contributed by atoms with Crippen LogP contribution in [0.4, 0.5) is 5.69 Å². The minimum absolute atomic E-state index is 0.139. The predicted octanol–water partition coefficient (Wildman–Crippen LogP) is 1.64. The molecule has 1 aliphatic heterocycles. The highest BCUT2D eigenvalue weighted by molar-refractivity contribution is 5.91. The minimum Gasteiger partial charge on any atom is -0.334 e. The van der Waals surface area contributed by atoms with Crippen LogP contribution in [0.3, 0.4) is 0 Å². The van der Waals surface area contributed by atoms with Gasteiger partial charge in [0.2, 0.25) is 5.91 Å². The summed E-state index contributed by atoms with van der Waals surface area (Å²) in [6.45, 7) is 7.74. The lowest BCUT2D eigenvalue weighted by Crippen LogP contribution is -3.13. The number of likely N-dealkylation sites (tertiary alicyclic amines) is 1. The number of aryl methyl sites for hydroxylation is 1. The number of piperidine rings is 1. The number of benzene rings is 1. The van der Waals surface area contributed by atoms with Crippen LogP contribution < -0.4 is 10.2 Å². The predicted molar refractivity (Wildman–Crippen MR) is 78.4 cm³/mol. The van der Waals surface area contributed by atoms with Crippen molar-refractivity contribution in [2.75, 3.05) is 25.0 Å². The van der Waals surface area contributed by atoms with Crippen molar-refractivity contribution in [2.45, 2.75) is 33.1 Å². The fourth-order valence-corrected chi connectivity index (χ4v) is 2.84. The standard InChI is InChI=1S/C16H24N2O/c1-13-6-5-10-18(12-13)11-9-16(19)17-15-8-4-3-7-14(15)2/h3-4,7-8,13H,5-6,9-12H2,1-2H3,(H,17,19)/p+1. The summed E-state index contributed by atoms with van der Waals surface area (Å²) in [5.74, 6) is 0.947. The molecule has 0 radical (unpaired) electrons. The molecule has 1 fully saturated rings. The van der Waals surface area contributed by atoms with E-state index in [1.165, 1.54) is 25.9 Å². The van der Waals surface area contributed by atoms with Gasteiger partial charge in [-0.3, -0.25) is 4.79 Å². The lowest BCUT2D eigenvalue weighted by Gasteiger charge is -2.27. The molecule has 1 aromatic carbocycles. The van der Waals surface area contributed by atoms with Crippen LogP contribution in [0.5, 0.6) is 0 Å². The molecule has 2 unspecified atom stereocenters. The van der Waals surface area contributed by atoms with Crippen molar-refractivity contribution in [3.8, 4) is 0 Å². The number of carbonyl (C=O) groups excluding carboxylic acids is 1. The monoisotopic (exact) mass is 261 g/mol. The van der Waals surface area contributed by atoms with Crippen molar-refractivity contribution in [3.05, 3.63) is 29.8 Å². The number of carbonyl (C=O) groups is 1. The summed E-state index contributed by atoms with van der Waals surface area (Å²) in [4.78, 5) is 13.5. The number of hydrogen-bond donors (Lipinski definition) is 2. The van der Waals surface area contributed by atoms with Gasteiger partial charge in [0.25, 0.3) is 0 Å². The van der Waals surface area contributed by atoms with E-state index in [2.05, 4.69) is 12.2 Å². The van der Waals surface area contributed by atoms with Crippen molar-refractivity contribution in [1.29, 1.82) is 0 Å². The Morgan fingerprint density at radius 1 is 1.42 bits per heavy atom. The van der Waals surface area contributed by atoms with Crippen molar-refractivity contribution >= 4 is 11.6 Å². The second-order valence-electron chi connectivity index (χ2n) is 5.81. The van der Waals surface area contributed by atoms with Crippen LogP contribution in [0.2, 0.25) is 0 Å². The zero-order chi connectivity index (χ0) is 13.7. The van der Waals surface area contributed by atoms with Gasteiger partial charge in [-0.25, -0.2) is 0 Å². The van der Waals surface area contributed by atoms with E-state index in [-0.39, 0.29) is 5.91 Å². The molecule has 0 aliphatic carbocycles. The number of anilines is 1. The lowest BCUT2D eigenvalue weighted by atomic mass is 10.0. The van der Waals surface area contributed by atoms with Crippen LogP contribution in [0.15, 0.2) is 24.3 Å². The average Bonchev–Trinajstić information content (AvgIpc) is 2.39. The molecule has 3 nitrogen and oxygen atoms in total. The third-order valence-electron chi connectivity index (χ3n) is 3.99. The summed E-state index contributed by atoms with van der Waals surface area (Å²) in [7, 11) is 0.